The van der Waals surface area contributed by atoms with Gasteiger partial charge in [-0.1, -0.05) is 5.18 Å². The average Bonchev–Trinajstić information content (AvgIpc) is 2.38. The smallest absolute Gasteiger partial charge is 0.0823 e. The lowest BCUT2D eigenvalue weighted by Crippen LogP contribution is -2.46. The SMILES string of the molecule is O=NCCCN1C2CCC1COC2. The van der Waals surface area contributed by atoms with Gasteiger partial charge in [0.25, 0.3) is 0 Å². The molecule has 2 rings (SSSR count). The zero-order valence-electron chi connectivity index (χ0n) is 7.82. The fraction of sp³-hybridized carbons (Fsp3) is 1.00. The van der Waals surface area contributed by atoms with E-state index in [4.69, 9.17) is 4.74 Å². The summed E-state index contributed by atoms with van der Waals surface area (Å²) >= 11 is 0. The zero-order valence-corrected chi connectivity index (χ0v) is 7.82. The van der Waals surface area contributed by atoms with Gasteiger partial charge < -0.3 is 4.74 Å². The van der Waals surface area contributed by atoms with Crippen LogP contribution in [0.2, 0.25) is 0 Å². The Bertz CT molecular complexity index is 170. The third-order valence-corrected chi connectivity index (χ3v) is 3.06. The van der Waals surface area contributed by atoms with Gasteiger partial charge in [-0.15, -0.1) is 0 Å². The van der Waals surface area contributed by atoms with Gasteiger partial charge in [0.15, 0.2) is 0 Å². The number of fused-ring (bicyclic) bond motifs is 2. The van der Waals surface area contributed by atoms with Crippen molar-refractivity contribution in [2.24, 2.45) is 5.18 Å². The molecule has 0 spiro atoms. The standard InChI is InChI=1S/C9H16N2O2/c12-10-4-1-5-11-8-2-3-9(11)7-13-6-8/h8-9H,1-7H2. The summed E-state index contributed by atoms with van der Waals surface area (Å²) in [5.74, 6) is 0. The summed E-state index contributed by atoms with van der Waals surface area (Å²) in [5.41, 5.74) is 0. The van der Waals surface area contributed by atoms with Gasteiger partial charge in [0.05, 0.1) is 19.8 Å². The maximum Gasteiger partial charge on any atom is 0.0823 e. The van der Waals surface area contributed by atoms with Crippen LogP contribution in [0.15, 0.2) is 5.18 Å². The molecule has 2 aliphatic heterocycles. The minimum Gasteiger partial charge on any atom is -0.378 e. The van der Waals surface area contributed by atoms with Crippen molar-refractivity contribution in [3.8, 4) is 0 Å². The monoisotopic (exact) mass is 184 g/mol. The van der Waals surface area contributed by atoms with Gasteiger partial charge in [0.2, 0.25) is 0 Å². The van der Waals surface area contributed by atoms with Crippen LogP contribution in [-0.4, -0.2) is 43.3 Å². The fourth-order valence-corrected chi connectivity index (χ4v) is 2.40. The summed E-state index contributed by atoms with van der Waals surface area (Å²) in [6.45, 7) is 3.23. The van der Waals surface area contributed by atoms with Crippen molar-refractivity contribution in [1.82, 2.24) is 4.90 Å². The van der Waals surface area contributed by atoms with Crippen molar-refractivity contribution in [1.29, 1.82) is 0 Å². The van der Waals surface area contributed by atoms with Crippen molar-refractivity contribution >= 4 is 0 Å². The van der Waals surface area contributed by atoms with E-state index in [1.54, 1.807) is 0 Å². The first-order valence-electron chi connectivity index (χ1n) is 5.04. The number of nitroso groups, excluding NO2 is 1. The highest BCUT2D eigenvalue weighted by molar-refractivity contribution is 4.90. The molecule has 2 bridgehead atoms. The highest BCUT2D eigenvalue weighted by Gasteiger charge is 2.36. The van der Waals surface area contributed by atoms with E-state index in [1.807, 2.05) is 0 Å². The minimum atomic E-state index is 0.455. The second-order valence-electron chi connectivity index (χ2n) is 3.87. The molecule has 2 unspecified atom stereocenters. The summed E-state index contributed by atoms with van der Waals surface area (Å²) in [4.78, 5) is 12.4. The summed E-state index contributed by atoms with van der Waals surface area (Å²) in [5, 5.41) is 2.88. The van der Waals surface area contributed by atoms with Crippen molar-refractivity contribution in [3.63, 3.8) is 0 Å². The third kappa shape index (κ3) is 1.89. The molecule has 13 heavy (non-hydrogen) atoms. The highest BCUT2D eigenvalue weighted by atomic mass is 16.5. The van der Waals surface area contributed by atoms with Gasteiger partial charge in [-0.3, -0.25) is 4.90 Å². The molecular weight excluding hydrogens is 168 g/mol. The van der Waals surface area contributed by atoms with Crippen LogP contribution in [-0.2, 0) is 4.74 Å². The predicted octanol–water partition coefficient (Wildman–Crippen LogP) is 1.01. The molecule has 2 heterocycles. The maximum absolute atomic E-state index is 9.93. The minimum absolute atomic E-state index is 0.455. The molecule has 2 saturated heterocycles. The van der Waals surface area contributed by atoms with Crippen LogP contribution in [0, 0.1) is 4.91 Å². The molecule has 0 N–H and O–H groups in total. The zero-order chi connectivity index (χ0) is 9.10. The van der Waals surface area contributed by atoms with Gasteiger partial charge >= 0.3 is 0 Å². The van der Waals surface area contributed by atoms with E-state index in [9.17, 15) is 4.91 Å². The molecule has 74 valence electrons. The van der Waals surface area contributed by atoms with E-state index in [0.717, 1.165) is 26.2 Å². The average molecular weight is 184 g/mol. The van der Waals surface area contributed by atoms with Crippen LogP contribution < -0.4 is 0 Å². The fourth-order valence-electron chi connectivity index (χ4n) is 2.40. The molecule has 0 aliphatic carbocycles. The predicted molar refractivity (Wildman–Crippen MR) is 49.6 cm³/mol. The Kier molecular flexibility index (Phi) is 2.90. The van der Waals surface area contributed by atoms with Crippen molar-refractivity contribution < 1.29 is 4.74 Å². The summed E-state index contributed by atoms with van der Waals surface area (Å²) in [7, 11) is 0. The maximum atomic E-state index is 9.93. The van der Waals surface area contributed by atoms with Crippen molar-refractivity contribution in [2.75, 3.05) is 26.3 Å². The van der Waals surface area contributed by atoms with Crippen LogP contribution in [0.3, 0.4) is 0 Å². The van der Waals surface area contributed by atoms with Gasteiger partial charge in [-0.05, 0) is 19.3 Å². The summed E-state index contributed by atoms with van der Waals surface area (Å²) in [6, 6.07) is 1.23. The summed E-state index contributed by atoms with van der Waals surface area (Å²) in [6.07, 6.45) is 3.43. The van der Waals surface area contributed by atoms with Crippen molar-refractivity contribution in [3.05, 3.63) is 4.91 Å². The molecule has 4 heteroatoms. The molecule has 2 fully saturated rings. The molecule has 0 amide bonds. The van der Waals surface area contributed by atoms with Crippen LogP contribution in [0.4, 0.5) is 0 Å². The number of hydrogen-bond donors (Lipinski definition) is 0. The van der Waals surface area contributed by atoms with E-state index in [2.05, 4.69) is 10.1 Å². The van der Waals surface area contributed by atoms with E-state index in [-0.39, 0.29) is 0 Å². The van der Waals surface area contributed by atoms with Gasteiger partial charge in [-0.2, -0.15) is 4.91 Å². The van der Waals surface area contributed by atoms with Gasteiger partial charge in [-0.25, -0.2) is 0 Å². The molecule has 4 nitrogen and oxygen atoms in total. The second-order valence-corrected chi connectivity index (χ2v) is 3.87. The Morgan fingerprint density at radius 3 is 2.62 bits per heavy atom. The molecule has 0 aromatic carbocycles. The Balaban J connectivity index is 1.81. The highest BCUT2D eigenvalue weighted by Crippen LogP contribution is 2.28. The second kappa shape index (κ2) is 4.15. The topological polar surface area (TPSA) is 41.9 Å². The molecule has 0 saturated carbocycles. The number of rotatable bonds is 4. The molecule has 0 aromatic rings. The van der Waals surface area contributed by atoms with Crippen molar-refractivity contribution in [2.45, 2.75) is 31.3 Å². The Morgan fingerprint density at radius 1 is 1.31 bits per heavy atom. The normalized spacial score (nSPS) is 33.5. The Morgan fingerprint density at radius 2 is 2.00 bits per heavy atom. The van der Waals surface area contributed by atoms with Crippen LogP contribution in [0.1, 0.15) is 19.3 Å². The molecule has 0 aromatic heterocycles. The Hall–Kier alpha value is -0.480. The van der Waals surface area contributed by atoms with Crippen LogP contribution in [0.5, 0.6) is 0 Å². The number of ether oxygens (including phenoxy) is 1. The molecular formula is C9H16N2O2. The number of hydrogen-bond acceptors (Lipinski definition) is 4. The Labute approximate surface area is 78.2 Å². The largest absolute Gasteiger partial charge is 0.378 e. The van der Waals surface area contributed by atoms with E-state index in [1.165, 1.54) is 12.8 Å². The van der Waals surface area contributed by atoms with Crippen LogP contribution in [0.25, 0.3) is 0 Å². The first-order valence-corrected chi connectivity index (χ1v) is 5.04. The summed E-state index contributed by atoms with van der Waals surface area (Å²) < 4.78 is 5.47. The first kappa shape index (κ1) is 9.09. The van der Waals surface area contributed by atoms with Crippen LogP contribution >= 0.6 is 0 Å². The first-order chi connectivity index (χ1) is 6.42. The molecule has 2 aliphatic rings. The van der Waals surface area contributed by atoms with Gasteiger partial charge in [0.1, 0.15) is 0 Å². The quantitative estimate of drug-likeness (QED) is 0.483. The number of morpholine rings is 1. The number of nitrogens with zero attached hydrogens (tertiary/aromatic N) is 2. The lowest BCUT2D eigenvalue weighted by atomic mass is 10.2. The lowest BCUT2D eigenvalue weighted by Gasteiger charge is -2.34. The molecule has 0 radical (unpaired) electrons. The molecule has 2 atom stereocenters. The van der Waals surface area contributed by atoms with Gasteiger partial charge in [0, 0.05) is 18.6 Å². The third-order valence-electron chi connectivity index (χ3n) is 3.06. The van der Waals surface area contributed by atoms with E-state index < -0.39 is 0 Å². The van der Waals surface area contributed by atoms with E-state index in [0.29, 0.717) is 18.6 Å². The van der Waals surface area contributed by atoms with E-state index >= 15 is 0 Å². The lowest BCUT2D eigenvalue weighted by molar-refractivity contribution is -0.0144.